The van der Waals surface area contributed by atoms with Crippen LogP contribution in [0.5, 0.6) is 0 Å². The van der Waals surface area contributed by atoms with E-state index in [0.29, 0.717) is 11.4 Å². The van der Waals surface area contributed by atoms with E-state index < -0.39 is 18.6 Å². The topological polar surface area (TPSA) is 62.7 Å². The number of hydrogen-bond donors (Lipinski definition) is 2. The van der Waals surface area contributed by atoms with Crippen LogP contribution in [0.2, 0.25) is 0 Å². The van der Waals surface area contributed by atoms with Crippen molar-refractivity contribution in [1.82, 2.24) is 14.8 Å². The Hall–Kier alpha value is -2.25. The van der Waals surface area contributed by atoms with E-state index in [1.165, 1.54) is 24.5 Å². The highest BCUT2D eigenvalue weighted by Gasteiger charge is 2.29. The van der Waals surface area contributed by atoms with E-state index in [2.05, 4.69) is 15.5 Å². The number of aryl methyl sites for hydroxylation is 1. The minimum atomic E-state index is -4.38. The van der Waals surface area contributed by atoms with Crippen LogP contribution in [0.15, 0.2) is 24.5 Å². The molecular weight excluding hydrogens is 261 g/mol. The number of nitrogens with one attached hydrogen (secondary N) is 2. The second kappa shape index (κ2) is 4.79. The zero-order valence-corrected chi connectivity index (χ0v) is 9.95. The van der Waals surface area contributed by atoms with Crippen LogP contribution in [0, 0.1) is 6.92 Å². The van der Waals surface area contributed by atoms with Crippen molar-refractivity contribution in [2.45, 2.75) is 19.6 Å². The highest BCUT2D eigenvalue weighted by Crippen LogP contribution is 2.19. The molecule has 102 valence electrons. The monoisotopic (exact) mass is 272 g/mol. The van der Waals surface area contributed by atoms with E-state index in [9.17, 15) is 18.0 Å². The molecule has 0 saturated heterocycles. The van der Waals surface area contributed by atoms with E-state index in [1.54, 1.807) is 6.92 Å². The Balaban J connectivity index is 2.16. The summed E-state index contributed by atoms with van der Waals surface area (Å²) >= 11 is 0. The van der Waals surface area contributed by atoms with Gasteiger partial charge >= 0.3 is 6.18 Å². The van der Waals surface area contributed by atoms with Gasteiger partial charge in [0.1, 0.15) is 18.1 Å². The highest BCUT2D eigenvalue weighted by atomic mass is 19.4. The molecule has 0 bridgehead atoms. The van der Waals surface area contributed by atoms with Gasteiger partial charge in [0, 0.05) is 11.8 Å². The van der Waals surface area contributed by atoms with E-state index in [-0.39, 0.29) is 5.69 Å². The van der Waals surface area contributed by atoms with Crippen molar-refractivity contribution >= 4 is 11.7 Å². The molecule has 0 saturated carbocycles. The minimum absolute atomic E-state index is 0.0636. The van der Waals surface area contributed by atoms with Crippen molar-refractivity contribution < 1.29 is 18.0 Å². The van der Waals surface area contributed by atoms with Crippen LogP contribution in [0.25, 0.3) is 0 Å². The average molecular weight is 272 g/mol. The molecule has 0 radical (unpaired) electrons. The summed E-state index contributed by atoms with van der Waals surface area (Å²) in [6.07, 6.45) is -1.66. The lowest BCUT2D eigenvalue weighted by Crippen LogP contribution is -2.23. The molecule has 2 rings (SSSR count). The molecule has 0 aromatic carbocycles. The molecule has 2 aromatic heterocycles. The van der Waals surface area contributed by atoms with Crippen molar-refractivity contribution in [2.24, 2.45) is 0 Å². The summed E-state index contributed by atoms with van der Waals surface area (Å²) in [6.45, 7) is 0.512. The standard InChI is InChI=1S/C11H11F3N4O/c1-7-5-15-17-9(7)16-10(19)8-3-2-4-18(8)6-11(12,13)14/h2-5H,6H2,1H3,(H2,15,16,17,19). The van der Waals surface area contributed by atoms with Crippen LogP contribution in [0.1, 0.15) is 16.1 Å². The fourth-order valence-electron chi connectivity index (χ4n) is 1.60. The first kappa shape index (κ1) is 13.2. The molecule has 5 nitrogen and oxygen atoms in total. The van der Waals surface area contributed by atoms with Gasteiger partial charge in [-0.05, 0) is 19.1 Å². The van der Waals surface area contributed by atoms with Gasteiger partial charge in [-0.1, -0.05) is 0 Å². The summed E-state index contributed by atoms with van der Waals surface area (Å²) in [4.78, 5) is 11.9. The molecule has 2 aromatic rings. The maximum Gasteiger partial charge on any atom is 0.406 e. The number of amides is 1. The van der Waals surface area contributed by atoms with E-state index in [4.69, 9.17) is 0 Å². The lowest BCUT2D eigenvalue weighted by atomic mass is 10.3. The van der Waals surface area contributed by atoms with Crippen LogP contribution in [0.4, 0.5) is 19.0 Å². The third-order valence-corrected chi connectivity index (χ3v) is 2.48. The van der Waals surface area contributed by atoms with Crippen molar-refractivity contribution in [3.8, 4) is 0 Å². The first-order valence-electron chi connectivity index (χ1n) is 5.40. The Morgan fingerprint density at radius 2 is 2.26 bits per heavy atom. The summed E-state index contributed by atoms with van der Waals surface area (Å²) in [5.74, 6) is -0.258. The first-order valence-corrected chi connectivity index (χ1v) is 5.40. The van der Waals surface area contributed by atoms with Gasteiger partial charge in [-0.2, -0.15) is 18.3 Å². The van der Waals surface area contributed by atoms with Gasteiger partial charge in [-0.15, -0.1) is 0 Å². The normalized spacial score (nSPS) is 11.6. The van der Waals surface area contributed by atoms with Crippen LogP contribution in [-0.4, -0.2) is 26.8 Å². The van der Waals surface area contributed by atoms with Gasteiger partial charge in [0.25, 0.3) is 5.91 Å². The molecule has 0 aliphatic rings. The Morgan fingerprint density at radius 1 is 1.53 bits per heavy atom. The average Bonchev–Trinajstić information content (AvgIpc) is 2.86. The Kier molecular flexibility index (Phi) is 3.32. The number of rotatable bonds is 3. The minimum Gasteiger partial charge on any atom is -0.334 e. The molecule has 0 fully saturated rings. The third-order valence-electron chi connectivity index (χ3n) is 2.48. The molecule has 0 atom stereocenters. The molecule has 8 heteroatoms. The van der Waals surface area contributed by atoms with Crippen molar-refractivity contribution in [3.63, 3.8) is 0 Å². The second-order valence-electron chi connectivity index (χ2n) is 4.02. The number of H-pyrrole nitrogens is 1. The van der Waals surface area contributed by atoms with Gasteiger partial charge in [-0.25, -0.2) is 0 Å². The van der Waals surface area contributed by atoms with Crippen LogP contribution < -0.4 is 5.32 Å². The quantitative estimate of drug-likeness (QED) is 0.900. The molecule has 0 aliphatic heterocycles. The van der Waals surface area contributed by atoms with Gasteiger partial charge in [0.15, 0.2) is 0 Å². The highest BCUT2D eigenvalue weighted by molar-refractivity contribution is 6.02. The maximum atomic E-state index is 12.3. The molecule has 1 amide bonds. The van der Waals surface area contributed by atoms with E-state index in [0.717, 1.165) is 4.57 Å². The SMILES string of the molecule is Cc1cn[nH]c1NC(=O)c1cccn1CC(F)(F)F. The largest absolute Gasteiger partial charge is 0.406 e. The zero-order valence-electron chi connectivity index (χ0n) is 9.95. The second-order valence-corrected chi connectivity index (χ2v) is 4.02. The van der Waals surface area contributed by atoms with Gasteiger partial charge < -0.3 is 9.88 Å². The maximum absolute atomic E-state index is 12.3. The predicted molar refractivity (Wildman–Crippen MR) is 61.8 cm³/mol. The predicted octanol–water partition coefficient (Wildman–Crippen LogP) is 2.33. The number of nitrogens with zero attached hydrogens (tertiary/aromatic N) is 2. The first-order chi connectivity index (χ1) is 8.87. The summed E-state index contributed by atoms with van der Waals surface area (Å²) < 4.78 is 37.9. The number of hydrogen-bond acceptors (Lipinski definition) is 2. The number of anilines is 1. The van der Waals surface area contributed by atoms with Crippen molar-refractivity contribution in [3.05, 3.63) is 35.8 Å². The fourth-order valence-corrected chi connectivity index (χ4v) is 1.60. The molecule has 0 aliphatic carbocycles. The molecule has 19 heavy (non-hydrogen) atoms. The number of alkyl halides is 3. The lowest BCUT2D eigenvalue weighted by molar-refractivity contribution is -0.140. The fraction of sp³-hybridized carbons (Fsp3) is 0.273. The molecule has 2 heterocycles. The number of aromatic nitrogens is 3. The Morgan fingerprint density at radius 3 is 2.84 bits per heavy atom. The Labute approximate surface area is 106 Å². The number of carbonyl (C=O) groups is 1. The van der Waals surface area contributed by atoms with Crippen molar-refractivity contribution in [2.75, 3.05) is 5.32 Å². The zero-order chi connectivity index (χ0) is 14.0. The summed E-state index contributed by atoms with van der Waals surface area (Å²) in [7, 11) is 0. The van der Waals surface area contributed by atoms with Gasteiger partial charge in [-0.3, -0.25) is 9.89 Å². The van der Waals surface area contributed by atoms with Crippen LogP contribution >= 0.6 is 0 Å². The molecular formula is C11H11F3N4O. The summed E-state index contributed by atoms with van der Waals surface area (Å²) in [6, 6.07) is 2.72. The smallest absolute Gasteiger partial charge is 0.334 e. The number of aromatic amines is 1. The Bertz CT molecular complexity index is 585. The van der Waals surface area contributed by atoms with E-state index in [1.807, 2.05) is 0 Å². The van der Waals surface area contributed by atoms with Gasteiger partial charge in [0.05, 0.1) is 6.20 Å². The van der Waals surface area contributed by atoms with Crippen LogP contribution in [0.3, 0.4) is 0 Å². The third kappa shape index (κ3) is 3.15. The molecule has 2 N–H and O–H groups in total. The number of carbonyl (C=O) groups excluding carboxylic acids is 1. The molecule has 0 unspecified atom stereocenters. The van der Waals surface area contributed by atoms with Crippen molar-refractivity contribution in [1.29, 1.82) is 0 Å². The summed E-state index contributed by atoms with van der Waals surface area (Å²) in [5.41, 5.74) is 0.633. The number of halogens is 3. The van der Waals surface area contributed by atoms with E-state index >= 15 is 0 Å². The molecule has 0 spiro atoms. The van der Waals surface area contributed by atoms with Gasteiger partial charge in [0.2, 0.25) is 0 Å². The summed E-state index contributed by atoms with van der Waals surface area (Å²) in [5, 5.41) is 8.74. The van der Waals surface area contributed by atoms with Crippen LogP contribution in [-0.2, 0) is 6.54 Å². The lowest BCUT2D eigenvalue weighted by Gasteiger charge is -2.11.